The Kier molecular flexibility index (Phi) is 8.04. The molecule has 0 aliphatic carbocycles. The van der Waals surface area contributed by atoms with Crippen molar-refractivity contribution in [1.29, 1.82) is 0 Å². The molecule has 0 fully saturated rings. The average Bonchev–Trinajstić information content (AvgIpc) is 2.52. The van der Waals surface area contributed by atoms with E-state index in [2.05, 4.69) is 17.5 Å². The third-order valence-corrected chi connectivity index (χ3v) is 3.45. The second kappa shape index (κ2) is 9.82. The lowest BCUT2D eigenvalue weighted by Gasteiger charge is -2.07. The number of hydrazone groups is 1. The standard InChI is InChI=1S/C17H26N2O3/c1-4-5-6-7-8-9-17(21)19-18-13(2)14-10-11-15(20)16(12-14)22-3/h10-12,20H,4-9H2,1-3H3,(H,19,21)/b18-13+. The third-order valence-electron chi connectivity index (χ3n) is 3.45. The summed E-state index contributed by atoms with van der Waals surface area (Å²) < 4.78 is 5.05. The van der Waals surface area contributed by atoms with Gasteiger partial charge in [-0.1, -0.05) is 32.6 Å². The summed E-state index contributed by atoms with van der Waals surface area (Å²) in [7, 11) is 1.49. The Hall–Kier alpha value is -2.04. The number of aromatic hydroxyl groups is 1. The van der Waals surface area contributed by atoms with Crippen molar-refractivity contribution in [2.24, 2.45) is 5.10 Å². The van der Waals surface area contributed by atoms with E-state index in [1.54, 1.807) is 25.1 Å². The molecule has 1 rings (SSSR count). The molecule has 0 radical (unpaired) electrons. The first kappa shape index (κ1) is 18.0. The number of nitrogens with zero attached hydrogens (tertiary/aromatic N) is 1. The minimum atomic E-state index is -0.0680. The predicted octanol–water partition coefficient (Wildman–Crippen LogP) is 3.60. The fraction of sp³-hybridized carbons (Fsp3) is 0.529. The van der Waals surface area contributed by atoms with E-state index in [9.17, 15) is 9.90 Å². The van der Waals surface area contributed by atoms with Gasteiger partial charge >= 0.3 is 0 Å². The quantitative estimate of drug-likeness (QED) is 0.416. The number of phenolic OH excluding ortho intramolecular Hbond substituents is 1. The first-order valence-corrected chi connectivity index (χ1v) is 7.79. The number of ether oxygens (including phenoxy) is 1. The van der Waals surface area contributed by atoms with Crippen LogP contribution in [0.25, 0.3) is 0 Å². The molecule has 5 nitrogen and oxygen atoms in total. The smallest absolute Gasteiger partial charge is 0.240 e. The summed E-state index contributed by atoms with van der Waals surface area (Å²) in [5.41, 5.74) is 4.02. The van der Waals surface area contributed by atoms with Crippen molar-refractivity contribution >= 4 is 11.6 Å². The van der Waals surface area contributed by atoms with Crippen LogP contribution in [0.2, 0.25) is 0 Å². The van der Waals surface area contributed by atoms with E-state index in [1.165, 1.54) is 26.4 Å². The van der Waals surface area contributed by atoms with Crippen molar-refractivity contribution < 1.29 is 14.6 Å². The fourth-order valence-corrected chi connectivity index (χ4v) is 2.06. The van der Waals surface area contributed by atoms with E-state index >= 15 is 0 Å². The Balaban J connectivity index is 2.46. The van der Waals surface area contributed by atoms with E-state index in [0.29, 0.717) is 17.9 Å². The van der Waals surface area contributed by atoms with Crippen LogP contribution in [0.3, 0.4) is 0 Å². The monoisotopic (exact) mass is 306 g/mol. The molecule has 0 unspecified atom stereocenters. The molecule has 0 aromatic heterocycles. The normalized spacial score (nSPS) is 11.3. The second-order valence-electron chi connectivity index (χ2n) is 5.28. The number of hydrogen-bond donors (Lipinski definition) is 2. The Morgan fingerprint density at radius 3 is 2.68 bits per heavy atom. The Labute approximate surface area is 132 Å². The van der Waals surface area contributed by atoms with Crippen LogP contribution >= 0.6 is 0 Å². The zero-order chi connectivity index (χ0) is 16.4. The molecule has 0 heterocycles. The lowest BCUT2D eigenvalue weighted by Crippen LogP contribution is -2.18. The van der Waals surface area contributed by atoms with Crippen molar-refractivity contribution in [3.05, 3.63) is 23.8 Å². The predicted molar refractivity (Wildman–Crippen MR) is 88.4 cm³/mol. The van der Waals surface area contributed by atoms with E-state index < -0.39 is 0 Å². The van der Waals surface area contributed by atoms with Gasteiger partial charge in [-0.05, 0) is 31.5 Å². The summed E-state index contributed by atoms with van der Waals surface area (Å²) in [6, 6.07) is 4.96. The molecule has 1 amide bonds. The lowest BCUT2D eigenvalue weighted by atomic mass is 10.1. The highest BCUT2D eigenvalue weighted by atomic mass is 16.5. The number of rotatable bonds is 9. The van der Waals surface area contributed by atoms with Gasteiger partial charge in [-0.25, -0.2) is 5.43 Å². The maximum atomic E-state index is 11.7. The van der Waals surface area contributed by atoms with Gasteiger partial charge in [0.1, 0.15) is 0 Å². The molecular formula is C17H26N2O3. The van der Waals surface area contributed by atoms with Gasteiger partial charge in [0.2, 0.25) is 5.91 Å². The van der Waals surface area contributed by atoms with Gasteiger partial charge in [-0.15, -0.1) is 0 Å². The number of carbonyl (C=O) groups is 1. The highest BCUT2D eigenvalue weighted by Crippen LogP contribution is 2.26. The molecule has 0 spiro atoms. The topological polar surface area (TPSA) is 70.9 Å². The van der Waals surface area contributed by atoms with Crippen LogP contribution < -0.4 is 10.2 Å². The first-order valence-electron chi connectivity index (χ1n) is 7.79. The molecule has 22 heavy (non-hydrogen) atoms. The molecule has 0 saturated heterocycles. The zero-order valence-corrected chi connectivity index (χ0v) is 13.7. The van der Waals surface area contributed by atoms with Crippen LogP contribution in [0.15, 0.2) is 23.3 Å². The number of amides is 1. The highest BCUT2D eigenvalue weighted by Gasteiger charge is 2.06. The molecule has 0 bridgehead atoms. The molecule has 0 aliphatic rings. The molecule has 122 valence electrons. The summed E-state index contributed by atoms with van der Waals surface area (Å²) in [5, 5.41) is 13.7. The van der Waals surface area contributed by atoms with Crippen LogP contribution in [0, 0.1) is 0 Å². The largest absolute Gasteiger partial charge is 0.504 e. The summed E-state index contributed by atoms with van der Waals surface area (Å²) in [4.78, 5) is 11.7. The number of nitrogens with one attached hydrogen (secondary N) is 1. The lowest BCUT2D eigenvalue weighted by molar-refractivity contribution is -0.121. The molecule has 0 atom stereocenters. The van der Waals surface area contributed by atoms with Crippen molar-refractivity contribution in [3.8, 4) is 11.5 Å². The maximum absolute atomic E-state index is 11.7. The van der Waals surface area contributed by atoms with Crippen LogP contribution in [0.4, 0.5) is 0 Å². The Morgan fingerprint density at radius 2 is 2.00 bits per heavy atom. The fourth-order valence-electron chi connectivity index (χ4n) is 2.06. The molecule has 0 saturated carbocycles. The zero-order valence-electron chi connectivity index (χ0n) is 13.7. The van der Waals surface area contributed by atoms with Crippen molar-refractivity contribution in [2.45, 2.75) is 52.4 Å². The van der Waals surface area contributed by atoms with Gasteiger partial charge in [0, 0.05) is 12.0 Å². The maximum Gasteiger partial charge on any atom is 0.240 e. The summed E-state index contributed by atoms with van der Waals surface area (Å²) in [5.74, 6) is 0.394. The molecule has 0 aliphatic heterocycles. The number of hydrogen-bond acceptors (Lipinski definition) is 4. The van der Waals surface area contributed by atoms with Crippen molar-refractivity contribution in [1.82, 2.24) is 5.43 Å². The average molecular weight is 306 g/mol. The summed E-state index contributed by atoms with van der Waals surface area (Å²) in [6.07, 6.45) is 6.08. The molecule has 1 aromatic rings. The van der Waals surface area contributed by atoms with Gasteiger partial charge in [0.15, 0.2) is 11.5 Å². The van der Waals surface area contributed by atoms with E-state index in [-0.39, 0.29) is 11.7 Å². The molecule has 1 aromatic carbocycles. The second-order valence-corrected chi connectivity index (χ2v) is 5.28. The van der Waals surface area contributed by atoms with Gasteiger partial charge in [0.05, 0.1) is 12.8 Å². The van der Waals surface area contributed by atoms with Crippen LogP contribution in [-0.2, 0) is 4.79 Å². The summed E-state index contributed by atoms with van der Waals surface area (Å²) in [6.45, 7) is 3.97. The van der Waals surface area contributed by atoms with Crippen LogP contribution in [0.1, 0.15) is 57.9 Å². The van der Waals surface area contributed by atoms with E-state index in [1.807, 2.05) is 0 Å². The number of unbranched alkanes of at least 4 members (excludes halogenated alkanes) is 4. The first-order chi connectivity index (χ1) is 10.6. The van der Waals surface area contributed by atoms with Crippen molar-refractivity contribution in [2.75, 3.05) is 7.11 Å². The number of benzene rings is 1. The van der Waals surface area contributed by atoms with Gasteiger partial charge < -0.3 is 9.84 Å². The van der Waals surface area contributed by atoms with Gasteiger partial charge in [-0.3, -0.25) is 4.79 Å². The van der Waals surface area contributed by atoms with Gasteiger partial charge in [0.25, 0.3) is 0 Å². The number of methoxy groups -OCH3 is 1. The highest BCUT2D eigenvalue weighted by molar-refractivity contribution is 5.99. The van der Waals surface area contributed by atoms with Gasteiger partial charge in [-0.2, -0.15) is 5.10 Å². The Morgan fingerprint density at radius 1 is 1.27 bits per heavy atom. The molecule has 5 heteroatoms. The van der Waals surface area contributed by atoms with E-state index in [0.717, 1.165) is 18.4 Å². The minimum absolute atomic E-state index is 0.0680. The minimum Gasteiger partial charge on any atom is -0.504 e. The third kappa shape index (κ3) is 6.16. The van der Waals surface area contributed by atoms with E-state index in [4.69, 9.17) is 4.74 Å². The van der Waals surface area contributed by atoms with Crippen molar-refractivity contribution in [3.63, 3.8) is 0 Å². The molecular weight excluding hydrogens is 280 g/mol. The summed E-state index contributed by atoms with van der Waals surface area (Å²) >= 11 is 0. The number of phenols is 1. The molecule has 2 N–H and O–H groups in total. The number of carbonyl (C=O) groups excluding carboxylic acids is 1. The SMILES string of the molecule is CCCCCCCC(=O)N/N=C(\C)c1ccc(O)c(OC)c1. The van der Waals surface area contributed by atoms with Crippen LogP contribution in [0.5, 0.6) is 11.5 Å². The van der Waals surface area contributed by atoms with Crippen LogP contribution in [-0.4, -0.2) is 23.8 Å². The Bertz CT molecular complexity index is 513.